The Balaban J connectivity index is 1.74. The van der Waals surface area contributed by atoms with Gasteiger partial charge >= 0.3 is 0 Å². The normalized spacial score (nSPS) is 22.8. The van der Waals surface area contributed by atoms with Crippen molar-refractivity contribution in [3.8, 4) is 0 Å². The third-order valence-corrected chi connectivity index (χ3v) is 5.76. The minimum atomic E-state index is 0.460. The highest BCUT2D eigenvalue weighted by atomic mass is 32.1. The highest BCUT2D eigenvalue weighted by molar-refractivity contribution is 7.19. The first-order chi connectivity index (χ1) is 10.3. The molecular formula is C18H25NOS. The zero-order valence-corrected chi connectivity index (χ0v) is 13.8. The van der Waals surface area contributed by atoms with E-state index in [0.717, 1.165) is 19.1 Å². The maximum atomic E-state index is 6.25. The molecule has 114 valence electrons. The molecule has 0 saturated heterocycles. The van der Waals surface area contributed by atoms with E-state index in [9.17, 15) is 0 Å². The lowest BCUT2D eigenvalue weighted by atomic mass is 9.89. The van der Waals surface area contributed by atoms with Crippen LogP contribution in [0.2, 0.25) is 0 Å². The SMILES string of the molecule is CNCc1sc2ccccc2c1COC1CCC(C)CC1. The van der Waals surface area contributed by atoms with Crippen LogP contribution in [0.25, 0.3) is 10.1 Å². The van der Waals surface area contributed by atoms with Crippen molar-refractivity contribution in [3.05, 3.63) is 34.7 Å². The Bertz CT molecular complexity index is 584. The Morgan fingerprint density at radius 1 is 1.19 bits per heavy atom. The molecular weight excluding hydrogens is 278 g/mol. The van der Waals surface area contributed by atoms with Crippen molar-refractivity contribution in [2.24, 2.45) is 5.92 Å². The van der Waals surface area contributed by atoms with Gasteiger partial charge in [-0.1, -0.05) is 25.1 Å². The highest BCUT2D eigenvalue weighted by Gasteiger charge is 2.20. The molecule has 1 aliphatic rings. The van der Waals surface area contributed by atoms with Gasteiger partial charge in [-0.15, -0.1) is 11.3 Å². The summed E-state index contributed by atoms with van der Waals surface area (Å²) in [5, 5.41) is 4.66. The van der Waals surface area contributed by atoms with Crippen molar-refractivity contribution in [2.45, 2.75) is 51.9 Å². The molecule has 0 atom stereocenters. The van der Waals surface area contributed by atoms with Gasteiger partial charge in [0.15, 0.2) is 0 Å². The quantitative estimate of drug-likeness (QED) is 0.863. The van der Waals surface area contributed by atoms with E-state index in [4.69, 9.17) is 4.74 Å². The molecule has 1 N–H and O–H groups in total. The van der Waals surface area contributed by atoms with Gasteiger partial charge in [-0.3, -0.25) is 0 Å². The van der Waals surface area contributed by atoms with E-state index in [0.29, 0.717) is 6.10 Å². The van der Waals surface area contributed by atoms with E-state index in [-0.39, 0.29) is 0 Å². The average molecular weight is 303 g/mol. The molecule has 21 heavy (non-hydrogen) atoms. The third-order valence-electron chi connectivity index (χ3n) is 4.55. The number of benzene rings is 1. The van der Waals surface area contributed by atoms with Crippen LogP contribution in [0.1, 0.15) is 43.0 Å². The van der Waals surface area contributed by atoms with Crippen molar-refractivity contribution in [3.63, 3.8) is 0 Å². The van der Waals surface area contributed by atoms with Crippen molar-refractivity contribution in [1.29, 1.82) is 0 Å². The van der Waals surface area contributed by atoms with Crippen molar-refractivity contribution >= 4 is 21.4 Å². The Hall–Kier alpha value is -0.900. The lowest BCUT2D eigenvalue weighted by Gasteiger charge is -2.26. The van der Waals surface area contributed by atoms with Crippen molar-refractivity contribution in [2.75, 3.05) is 7.05 Å². The number of thiophene rings is 1. The minimum Gasteiger partial charge on any atom is -0.373 e. The summed E-state index contributed by atoms with van der Waals surface area (Å²) in [7, 11) is 2.01. The molecule has 1 fully saturated rings. The monoisotopic (exact) mass is 303 g/mol. The Morgan fingerprint density at radius 2 is 1.95 bits per heavy atom. The molecule has 1 saturated carbocycles. The van der Waals surface area contributed by atoms with Gasteiger partial charge in [-0.25, -0.2) is 0 Å². The third kappa shape index (κ3) is 3.47. The minimum absolute atomic E-state index is 0.460. The van der Waals surface area contributed by atoms with Crippen molar-refractivity contribution < 1.29 is 4.74 Å². The fourth-order valence-corrected chi connectivity index (χ4v) is 4.43. The summed E-state index contributed by atoms with van der Waals surface area (Å²) in [4.78, 5) is 1.42. The molecule has 1 heterocycles. The smallest absolute Gasteiger partial charge is 0.0738 e. The topological polar surface area (TPSA) is 21.3 Å². The first-order valence-electron chi connectivity index (χ1n) is 8.03. The molecule has 2 nitrogen and oxygen atoms in total. The van der Waals surface area contributed by atoms with E-state index >= 15 is 0 Å². The zero-order valence-electron chi connectivity index (χ0n) is 13.0. The first-order valence-corrected chi connectivity index (χ1v) is 8.85. The predicted octanol–water partition coefficient (Wildman–Crippen LogP) is 4.72. The summed E-state index contributed by atoms with van der Waals surface area (Å²) >= 11 is 1.89. The van der Waals surface area contributed by atoms with Crippen LogP contribution < -0.4 is 5.32 Å². The molecule has 0 bridgehead atoms. The molecule has 1 aliphatic carbocycles. The van der Waals surface area contributed by atoms with E-state index in [2.05, 4.69) is 36.5 Å². The van der Waals surface area contributed by atoms with Gasteiger partial charge in [0.25, 0.3) is 0 Å². The van der Waals surface area contributed by atoms with Gasteiger partial charge in [-0.2, -0.15) is 0 Å². The van der Waals surface area contributed by atoms with Crippen LogP contribution in [0, 0.1) is 5.92 Å². The second kappa shape index (κ2) is 6.91. The molecule has 1 aromatic carbocycles. The summed E-state index contributed by atoms with van der Waals surface area (Å²) in [6.07, 6.45) is 5.55. The molecule has 1 aromatic heterocycles. The van der Waals surface area contributed by atoms with Crippen LogP contribution in [-0.4, -0.2) is 13.2 Å². The summed E-state index contributed by atoms with van der Waals surface area (Å²) in [5.41, 5.74) is 1.39. The van der Waals surface area contributed by atoms with Gasteiger partial charge < -0.3 is 10.1 Å². The molecule has 0 unspecified atom stereocenters. The van der Waals surface area contributed by atoms with Gasteiger partial charge in [0.2, 0.25) is 0 Å². The van der Waals surface area contributed by atoms with Crippen LogP contribution in [-0.2, 0) is 17.9 Å². The zero-order chi connectivity index (χ0) is 14.7. The Morgan fingerprint density at radius 3 is 2.71 bits per heavy atom. The number of fused-ring (bicyclic) bond motifs is 1. The number of hydrogen-bond donors (Lipinski definition) is 1. The number of ether oxygens (including phenoxy) is 1. The molecule has 2 aromatic rings. The average Bonchev–Trinajstić information content (AvgIpc) is 2.85. The summed E-state index contributed by atoms with van der Waals surface area (Å²) in [6, 6.07) is 8.69. The second-order valence-corrected chi connectivity index (χ2v) is 7.36. The summed E-state index contributed by atoms with van der Waals surface area (Å²) in [6.45, 7) is 4.05. The molecule has 0 amide bonds. The van der Waals surface area contributed by atoms with E-state index in [1.54, 1.807) is 0 Å². The predicted molar refractivity (Wildman–Crippen MR) is 90.8 cm³/mol. The fraction of sp³-hybridized carbons (Fsp3) is 0.556. The number of hydrogen-bond acceptors (Lipinski definition) is 3. The van der Waals surface area contributed by atoms with Crippen molar-refractivity contribution in [1.82, 2.24) is 5.32 Å². The van der Waals surface area contributed by atoms with Crippen LogP contribution in [0.3, 0.4) is 0 Å². The van der Waals surface area contributed by atoms with Gasteiger partial charge in [0.05, 0.1) is 12.7 Å². The number of rotatable bonds is 5. The fourth-order valence-electron chi connectivity index (χ4n) is 3.21. The number of nitrogens with one attached hydrogen (secondary N) is 1. The summed E-state index contributed by atoms with van der Waals surface area (Å²) < 4.78 is 7.62. The molecule has 0 radical (unpaired) electrons. The first kappa shape index (κ1) is 15.0. The lowest BCUT2D eigenvalue weighted by Crippen LogP contribution is -2.20. The van der Waals surface area contributed by atoms with Crippen LogP contribution >= 0.6 is 11.3 Å². The van der Waals surface area contributed by atoms with E-state index in [1.807, 2.05) is 18.4 Å². The maximum Gasteiger partial charge on any atom is 0.0738 e. The molecule has 3 rings (SSSR count). The second-order valence-electron chi connectivity index (χ2n) is 6.22. The molecule has 3 heteroatoms. The largest absolute Gasteiger partial charge is 0.373 e. The Labute approximate surface area is 131 Å². The van der Waals surface area contributed by atoms with E-state index in [1.165, 1.54) is 46.2 Å². The lowest BCUT2D eigenvalue weighted by molar-refractivity contribution is 0.00912. The van der Waals surface area contributed by atoms with Crippen LogP contribution in [0.4, 0.5) is 0 Å². The molecule has 0 aliphatic heterocycles. The van der Waals surface area contributed by atoms with E-state index < -0.39 is 0 Å². The maximum absolute atomic E-state index is 6.25. The van der Waals surface area contributed by atoms with Gasteiger partial charge in [0.1, 0.15) is 0 Å². The standard InChI is InChI=1S/C18H25NOS/c1-13-7-9-14(10-8-13)20-12-16-15-5-3-4-6-17(15)21-18(16)11-19-2/h3-6,13-14,19H,7-12H2,1-2H3. The molecule has 0 spiro atoms. The highest BCUT2D eigenvalue weighted by Crippen LogP contribution is 2.33. The Kier molecular flexibility index (Phi) is 4.94. The van der Waals surface area contributed by atoms with Gasteiger partial charge in [0, 0.05) is 21.7 Å². The van der Waals surface area contributed by atoms with Crippen LogP contribution in [0.5, 0.6) is 0 Å². The van der Waals surface area contributed by atoms with Crippen LogP contribution in [0.15, 0.2) is 24.3 Å². The van der Waals surface area contributed by atoms with Gasteiger partial charge in [-0.05, 0) is 50.1 Å². The summed E-state index contributed by atoms with van der Waals surface area (Å²) in [5.74, 6) is 0.881.